The van der Waals surface area contributed by atoms with Crippen LogP contribution in [0.2, 0.25) is 5.02 Å². The molecule has 0 unspecified atom stereocenters. The number of esters is 1. The first kappa shape index (κ1) is 22.2. The summed E-state index contributed by atoms with van der Waals surface area (Å²) in [6.07, 6.45) is -0.202. The molecule has 2 N–H and O–H groups in total. The minimum absolute atomic E-state index is 0.0646. The normalized spacial score (nSPS) is 10.2. The average molecular weight is 419 g/mol. The van der Waals surface area contributed by atoms with Gasteiger partial charge in [0.2, 0.25) is 5.91 Å². The highest BCUT2D eigenvalue weighted by Crippen LogP contribution is 2.20. The largest absolute Gasteiger partial charge is 0.494 e. The van der Waals surface area contributed by atoms with Gasteiger partial charge in [0.25, 0.3) is 5.91 Å². The molecule has 0 aliphatic rings. The van der Waals surface area contributed by atoms with E-state index in [1.54, 1.807) is 42.5 Å². The van der Waals surface area contributed by atoms with Crippen molar-refractivity contribution in [1.29, 1.82) is 0 Å². The number of carbonyl (C=O) groups is 3. The lowest BCUT2D eigenvalue weighted by Gasteiger charge is -2.08. The number of hydrogen-bond acceptors (Lipinski definition) is 5. The van der Waals surface area contributed by atoms with Crippen LogP contribution in [0.15, 0.2) is 42.5 Å². The minimum atomic E-state index is -0.635. The smallest absolute Gasteiger partial charge is 0.306 e. The van der Waals surface area contributed by atoms with Gasteiger partial charge in [-0.25, -0.2) is 0 Å². The molecule has 29 heavy (non-hydrogen) atoms. The van der Waals surface area contributed by atoms with E-state index in [9.17, 15) is 14.4 Å². The summed E-state index contributed by atoms with van der Waals surface area (Å²) in [4.78, 5) is 35.5. The van der Waals surface area contributed by atoms with Gasteiger partial charge in [-0.1, -0.05) is 17.7 Å². The van der Waals surface area contributed by atoms with Gasteiger partial charge >= 0.3 is 5.97 Å². The number of carbonyl (C=O) groups excluding carboxylic acids is 3. The Morgan fingerprint density at radius 2 is 1.59 bits per heavy atom. The number of rotatable bonds is 9. The van der Waals surface area contributed by atoms with Crippen molar-refractivity contribution in [1.82, 2.24) is 0 Å². The first-order valence-corrected chi connectivity index (χ1v) is 9.49. The molecule has 0 radical (unpaired) electrons. The lowest BCUT2D eigenvalue weighted by Crippen LogP contribution is -2.21. The summed E-state index contributed by atoms with van der Waals surface area (Å²) in [5.41, 5.74) is 2.01. The number of ether oxygens (including phenoxy) is 2. The summed E-state index contributed by atoms with van der Waals surface area (Å²) in [6, 6.07) is 12.0. The number of nitrogens with one attached hydrogen (secondary N) is 2. The van der Waals surface area contributed by atoms with Crippen molar-refractivity contribution in [3.63, 3.8) is 0 Å². The van der Waals surface area contributed by atoms with E-state index in [4.69, 9.17) is 21.1 Å². The molecule has 2 rings (SSSR count). The van der Waals surface area contributed by atoms with Crippen LogP contribution >= 0.6 is 11.6 Å². The molecule has 2 aromatic carbocycles. The molecule has 154 valence electrons. The molecule has 0 atom stereocenters. The zero-order valence-corrected chi connectivity index (χ0v) is 17.0. The zero-order valence-electron chi connectivity index (χ0n) is 16.3. The first-order chi connectivity index (χ1) is 13.9. The molecule has 8 heteroatoms. The van der Waals surface area contributed by atoms with Gasteiger partial charge in [-0.05, 0) is 55.8 Å². The second kappa shape index (κ2) is 11.1. The molecule has 0 fully saturated rings. The summed E-state index contributed by atoms with van der Waals surface area (Å²) in [5, 5.41) is 5.81. The predicted octanol–water partition coefficient (Wildman–Crippen LogP) is 3.95. The van der Waals surface area contributed by atoms with Crippen LogP contribution in [0.5, 0.6) is 5.75 Å². The Hall–Kier alpha value is -3.06. The third-order valence-corrected chi connectivity index (χ3v) is 4.23. The fraction of sp³-hybridized carbons (Fsp3) is 0.286. The Morgan fingerprint density at radius 1 is 0.931 bits per heavy atom. The van der Waals surface area contributed by atoms with Gasteiger partial charge < -0.3 is 20.1 Å². The Balaban J connectivity index is 1.68. The fourth-order valence-electron chi connectivity index (χ4n) is 2.33. The Labute approximate surface area is 174 Å². The molecular formula is C21H23ClN2O5. The monoisotopic (exact) mass is 418 g/mol. The van der Waals surface area contributed by atoms with Crippen molar-refractivity contribution in [2.45, 2.75) is 26.7 Å². The standard InChI is InChI=1S/C21H23ClN2O5/c1-3-28-17-8-6-15(7-9-17)23-20(26)13-29-21(27)11-10-19(25)24-16-5-4-14(2)18(22)12-16/h4-9,12H,3,10-11,13H2,1-2H3,(H,23,26)(H,24,25). The van der Waals surface area contributed by atoms with E-state index < -0.39 is 18.5 Å². The summed E-state index contributed by atoms with van der Waals surface area (Å²) in [6.45, 7) is 3.86. The van der Waals surface area contributed by atoms with Crippen LogP contribution in [0, 0.1) is 6.92 Å². The van der Waals surface area contributed by atoms with Crippen molar-refractivity contribution >= 4 is 40.8 Å². The summed E-state index contributed by atoms with van der Waals surface area (Å²) in [7, 11) is 0. The average Bonchev–Trinajstić information content (AvgIpc) is 2.69. The van der Waals surface area contributed by atoms with Crippen LogP contribution in [-0.2, 0) is 19.1 Å². The van der Waals surface area contributed by atoms with Crippen LogP contribution in [0.1, 0.15) is 25.3 Å². The van der Waals surface area contributed by atoms with Crippen LogP contribution in [-0.4, -0.2) is 31.0 Å². The number of benzene rings is 2. The van der Waals surface area contributed by atoms with E-state index in [0.717, 1.165) is 5.56 Å². The van der Waals surface area contributed by atoms with Crippen LogP contribution in [0.25, 0.3) is 0 Å². The number of hydrogen-bond donors (Lipinski definition) is 2. The van der Waals surface area contributed by atoms with E-state index in [1.165, 1.54) is 0 Å². The second-order valence-corrected chi connectivity index (χ2v) is 6.59. The molecule has 0 bridgehead atoms. The van der Waals surface area contributed by atoms with E-state index in [0.29, 0.717) is 28.8 Å². The van der Waals surface area contributed by atoms with Crippen molar-refractivity contribution < 1.29 is 23.9 Å². The molecule has 0 aliphatic carbocycles. The predicted molar refractivity (Wildman–Crippen MR) is 111 cm³/mol. The Bertz CT molecular complexity index is 868. The molecule has 0 spiro atoms. The van der Waals surface area contributed by atoms with Crippen molar-refractivity contribution in [3.05, 3.63) is 53.1 Å². The van der Waals surface area contributed by atoms with Gasteiger partial charge in [-0.3, -0.25) is 14.4 Å². The highest BCUT2D eigenvalue weighted by Gasteiger charge is 2.11. The van der Waals surface area contributed by atoms with E-state index >= 15 is 0 Å². The molecule has 0 aromatic heterocycles. The second-order valence-electron chi connectivity index (χ2n) is 6.18. The molecule has 0 saturated heterocycles. The lowest BCUT2D eigenvalue weighted by atomic mass is 10.2. The number of aryl methyl sites for hydroxylation is 1. The van der Waals surface area contributed by atoms with Crippen molar-refractivity contribution in [2.75, 3.05) is 23.8 Å². The van der Waals surface area contributed by atoms with E-state index in [1.807, 2.05) is 13.8 Å². The van der Waals surface area contributed by atoms with Gasteiger partial charge in [0.1, 0.15) is 5.75 Å². The van der Waals surface area contributed by atoms with E-state index in [2.05, 4.69) is 10.6 Å². The highest BCUT2D eigenvalue weighted by atomic mass is 35.5. The topological polar surface area (TPSA) is 93.7 Å². The zero-order chi connectivity index (χ0) is 21.2. The summed E-state index contributed by atoms with van der Waals surface area (Å²) < 4.78 is 10.2. The fourth-order valence-corrected chi connectivity index (χ4v) is 2.51. The molecule has 0 saturated carbocycles. The summed E-state index contributed by atoms with van der Waals surface area (Å²) in [5.74, 6) is -0.756. The Kier molecular flexibility index (Phi) is 8.48. The van der Waals surface area contributed by atoms with E-state index in [-0.39, 0.29) is 18.7 Å². The highest BCUT2D eigenvalue weighted by molar-refractivity contribution is 6.31. The minimum Gasteiger partial charge on any atom is -0.494 e. The summed E-state index contributed by atoms with van der Waals surface area (Å²) >= 11 is 6.01. The molecule has 0 heterocycles. The molecule has 2 amide bonds. The van der Waals surface area contributed by atoms with Crippen LogP contribution < -0.4 is 15.4 Å². The molecule has 2 aromatic rings. The molecule has 0 aliphatic heterocycles. The quantitative estimate of drug-likeness (QED) is 0.601. The van der Waals surface area contributed by atoms with Crippen LogP contribution in [0.4, 0.5) is 11.4 Å². The van der Waals surface area contributed by atoms with Crippen molar-refractivity contribution in [3.8, 4) is 5.75 Å². The molecular weight excluding hydrogens is 396 g/mol. The lowest BCUT2D eigenvalue weighted by molar-refractivity contribution is -0.147. The van der Waals surface area contributed by atoms with Gasteiger partial charge in [-0.15, -0.1) is 0 Å². The maximum atomic E-state index is 11.9. The third kappa shape index (κ3) is 7.83. The number of halogens is 1. The molecule has 7 nitrogen and oxygen atoms in total. The van der Waals surface area contributed by atoms with Gasteiger partial charge in [0.15, 0.2) is 6.61 Å². The van der Waals surface area contributed by atoms with Gasteiger partial charge in [0, 0.05) is 22.8 Å². The van der Waals surface area contributed by atoms with Gasteiger partial charge in [-0.2, -0.15) is 0 Å². The first-order valence-electron chi connectivity index (χ1n) is 9.11. The number of anilines is 2. The Morgan fingerprint density at radius 3 is 2.24 bits per heavy atom. The maximum absolute atomic E-state index is 11.9. The SMILES string of the molecule is CCOc1ccc(NC(=O)COC(=O)CCC(=O)Nc2ccc(C)c(Cl)c2)cc1. The third-order valence-electron chi connectivity index (χ3n) is 3.83. The number of amides is 2. The van der Waals surface area contributed by atoms with Crippen LogP contribution in [0.3, 0.4) is 0 Å². The van der Waals surface area contributed by atoms with Gasteiger partial charge in [0.05, 0.1) is 13.0 Å². The van der Waals surface area contributed by atoms with Crippen molar-refractivity contribution in [2.24, 2.45) is 0 Å². The maximum Gasteiger partial charge on any atom is 0.306 e.